The minimum Gasteiger partial charge on any atom is -0.452 e. The fourth-order valence-corrected chi connectivity index (χ4v) is 9.23. The third kappa shape index (κ3) is 18.5. The monoisotopic (exact) mass is 1240 g/mol. The lowest BCUT2D eigenvalue weighted by Crippen LogP contribution is -2.65. The SMILES string of the molecule is O=C(NCCCCCCO[C@@H]1O[C@H](CO[C@@H]2O[C@H](CO)[C@H](OC(=O)c3ccccc3)[C@H](OC(=O)c3ccccc3)[C@H]2OC(=O)c2ccccc2)[C@H](OC(=O)c2ccccc2)[C@H](OC(=O)c2ccccc2)[C@H]1OC(=O)c1ccccc1)OCC(Cl)(Cl)Cl. The van der Waals surface area contributed by atoms with Crippen molar-refractivity contribution in [1.29, 1.82) is 0 Å². The number of benzene rings is 6. The van der Waals surface area contributed by atoms with E-state index in [1.165, 1.54) is 72.8 Å². The van der Waals surface area contributed by atoms with Gasteiger partial charge in [0.15, 0.2) is 49.2 Å². The molecule has 452 valence electrons. The molecule has 23 heteroatoms. The van der Waals surface area contributed by atoms with Crippen LogP contribution in [0.5, 0.6) is 0 Å². The zero-order valence-corrected chi connectivity index (χ0v) is 48.2. The quantitative estimate of drug-likeness (QED) is 0.0234. The fourth-order valence-electron chi connectivity index (χ4n) is 9.06. The van der Waals surface area contributed by atoms with Crippen LogP contribution in [0.15, 0.2) is 182 Å². The van der Waals surface area contributed by atoms with E-state index in [1.54, 1.807) is 109 Å². The number of alkyl carbamates (subject to hydrolysis) is 1. The average Bonchev–Trinajstić information content (AvgIpc) is 1.62. The van der Waals surface area contributed by atoms with Crippen LogP contribution in [0.3, 0.4) is 0 Å². The van der Waals surface area contributed by atoms with Gasteiger partial charge >= 0.3 is 41.9 Å². The molecule has 6 aromatic rings. The van der Waals surface area contributed by atoms with Crippen LogP contribution in [0, 0.1) is 0 Å². The summed E-state index contributed by atoms with van der Waals surface area (Å²) in [6.07, 6.45) is -15.9. The number of carbonyl (C=O) groups excluding carboxylic acids is 7. The van der Waals surface area contributed by atoms with Crippen LogP contribution in [0.25, 0.3) is 0 Å². The van der Waals surface area contributed by atoms with Crippen molar-refractivity contribution in [3.05, 3.63) is 215 Å². The Morgan fingerprint density at radius 1 is 0.407 bits per heavy atom. The molecule has 2 N–H and O–H groups in total. The molecule has 10 atom stereocenters. The van der Waals surface area contributed by atoms with Crippen molar-refractivity contribution in [2.45, 2.75) is 90.9 Å². The second kappa shape index (κ2) is 32.0. The largest absolute Gasteiger partial charge is 0.452 e. The minimum absolute atomic E-state index is 0.0409. The summed E-state index contributed by atoms with van der Waals surface area (Å²) in [6, 6.07) is 46.9. The molecule has 2 heterocycles. The predicted molar refractivity (Wildman–Crippen MR) is 308 cm³/mol. The van der Waals surface area contributed by atoms with E-state index in [0.717, 1.165) is 0 Å². The van der Waals surface area contributed by atoms with Gasteiger partial charge in [0.05, 0.1) is 46.6 Å². The first-order valence-electron chi connectivity index (χ1n) is 27.3. The maximum Gasteiger partial charge on any atom is 0.407 e. The Bertz CT molecular complexity index is 3150. The van der Waals surface area contributed by atoms with E-state index in [0.29, 0.717) is 25.7 Å². The normalized spacial score (nSPS) is 21.8. The molecule has 2 aliphatic rings. The van der Waals surface area contributed by atoms with E-state index in [2.05, 4.69) is 5.32 Å². The Morgan fingerprint density at radius 3 is 1.08 bits per heavy atom. The molecule has 0 saturated carbocycles. The number of aliphatic hydroxyl groups is 1. The molecule has 20 nitrogen and oxygen atoms in total. The number of esters is 6. The van der Waals surface area contributed by atoms with Gasteiger partial charge in [0.1, 0.15) is 18.8 Å². The van der Waals surface area contributed by atoms with Gasteiger partial charge < -0.3 is 62.5 Å². The lowest BCUT2D eigenvalue weighted by molar-refractivity contribution is -0.328. The van der Waals surface area contributed by atoms with Crippen molar-refractivity contribution in [1.82, 2.24) is 5.32 Å². The highest BCUT2D eigenvalue weighted by molar-refractivity contribution is 6.67. The van der Waals surface area contributed by atoms with Gasteiger partial charge in [0.2, 0.25) is 3.79 Å². The summed E-state index contributed by atoms with van der Waals surface area (Å²) in [7, 11) is 0. The van der Waals surface area contributed by atoms with E-state index < -0.39 is 127 Å². The van der Waals surface area contributed by atoms with Crippen LogP contribution < -0.4 is 5.32 Å². The van der Waals surface area contributed by atoms with E-state index in [9.17, 15) is 38.7 Å². The van der Waals surface area contributed by atoms with E-state index >= 15 is 0 Å². The highest BCUT2D eigenvalue weighted by Crippen LogP contribution is 2.35. The van der Waals surface area contributed by atoms with Gasteiger partial charge in [0, 0.05) is 13.2 Å². The van der Waals surface area contributed by atoms with E-state index in [-0.39, 0.29) is 46.5 Å². The van der Waals surface area contributed by atoms with Crippen LogP contribution >= 0.6 is 34.8 Å². The second-order valence-corrected chi connectivity index (χ2v) is 21.9. The Hall–Kier alpha value is -7.92. The molecule has 6 aromatic carbocycles. The topological polar surface area (TPSA) is 253 Å². The summed E-state index contributed by atoms with van der Waals surface area (Å²) in [5, 5.41) is 13.6. The van der Waals surface area contributed by atoms with Gasteiger partial charge in [-0.25, -0.2) is 33.6 Å². The first-order chi connectivity index (χ1) is 41.6. The fraction of sp³-hybridized carbons (Fsp3) is 0.317. The molecule has 0 unspecified atom stereocenters. The van der Waals surface area contributed by atoms with Gasteiger partial charge in [-0.15, -0.1) is 0 Å². The Kier molecular flexibility index (Phi) is 23.8. The summed E-state index contributed by atoms with van der Waals surface area (Å²) in [6.45, 7) is -1.91. The van der Waals surface area contributed by atoms with Gasteiger partial charge in [-0.3, -0.25) is 0 Å². The highest BCUT2D eigenvalue weighted by atomic mass is 35.6. The molecule has 2 fully saturated rings. The number of alkyl halides is 3. The standard InChI is InChI=1S/C63H60Cl3NO19/c64-63(65,66)39-78-62(75)67-35-21-1-2-22-36-76-60-52(85-58(73)44-31-17-7-18-32-44)51(84-57(72)43-29-15-6-16-30-43)49(82-55(70)41-25-11-4-12-26-41)47(80-60)38-77-61-53(86-59(74)45-33-19-8-20-34-45)50(83-56(71)42-27-13-5-14-28-42)48(46(37-68)79-61)81-54(69)40-23-9-3-10-24-40/h3-20,23-34,46-53,60-61,68H,1-2,21-22,35-39H2,(H,67,75)/t46-,47-,48+,49+,50+,51+,52-,53-,60-,61-/m1/s1. The summed E-state index contributed by atoms with van der Waals surface area (Å²) in [5.41, 5.74) is 0.380. The summed E-state index contributed by atoms with van der Waals surface area (Å²) in [5.74, 6) is -5.60. The molecule has 2 saturated heterocycles. The average molecular weight is 1240 g/mol. The molecule has 0 aliphatic carbocycles. The van der Waals surface area contributed by atoms with E-state index in [4.69, 9.17) is 86.9 Å². The van der Waals surface area contributed by atoms with Crippen molar-refractivity contribution in [2.75, 3.05) is 33.0 Å². The van der Waals surface area contributed by atoms with Crippen molar-refractivity contribution in [3.63, 3.8) is 0 Å². The number of halogens is 3. The Balaban J connectivity index is 1.15. The number of ether oxygens (including phenoxy) is 11. The van der Waals surface area contributed by atoms with Crippen molar-refractivity contribution < 1.29 is 90.8 Å². The first kappa shape index (κ1) is 64.1. The van der Waals surface area contributed by atoms with E-state index in [1.807, 2.05) is 0 Å². The van der Waals surface area contributed by atoms with Crippen molar-refractivity contribution in [3.8, 4) is 0 Å². The number of unbranched alkanes of at least 4 members (excludes halogenated alkanes) is 3. The molecule has 0 bridgehead atoms. The molecule has 8 rings (SSSR count). The van der Waals surface area contributed by atoms with Gasteiger partial charge in [-0.05, 0) is 85.6 Å². The first-order valence-corrected chi connectivity index (χ1v) is 28.5. The predicted octanol–water partition coefficient (Wildman–Crippen LogP) is 9.47. The zero-order valence-electron chi connectivity index (χ0n) is 45.9. The van der Waals surface area contributed by atoms with Gasteiger partial charge in [0.25, 0.3) is 0 Å². The summed E-state index contributed by atoms with van der Waals surface area (Å²) >= 11 is 17.0. The number of rotatable bonds is 25. The minimum atomic E-state index is -1.85. The number of nitrogens with one attached hydrogen (secondary N) is 1. The maximum atomic E-state index is 14.4. The molecule has 0 spiro atoms. The molecule has 0 radical (unpaired) electrons. The number of amides is 1. The Morgan fingerprint density at radius 2 is 0.721 bits per heavy atom. The zero-order chi connectivity index (χ0) is 60.8. The third-order valence-corrected chi connectivity index (χ3v) is 13.6. The molecule has 2 aliphatic heterocycles. The second-order valence-electron chi connectivity index (χ2n) is 19.4. The lowest BCUT2D eigenvalue weighted by Gasteiger charge is -2.46. The smallest absolute Gasteiger partial charge is 0.407 e. The highest BCUT2D eigenvalue weighted by Gasteiger charge is 2.56. The van der Waals surface area contributed by atoms with Crippen LogP contribution in [-0.4, -0.2) is 145 Å². The van der Waals surface area contributed by atoms with Crippen molar-refractivity contribution in [2.24, 2.45) is 0 Å². The molecule has 1 amide bonds. The summed E-state index contributed by atoms with van der Waals surface area (Å²) in [4.78, 5) is 97.3. The lowest BCUT2D eigenvalue weighted by atomic mass is 9.96. The number of carbonyl (C=O) groups is 7. The van der Waals surface area contributed by atoms with Crippen LogP contribution in [0.2, 0.25) is 0 Å². The maximum absolute atomic E-state index is 14.4. The molecule has 86 heavy (non-hydrogen) atoms. The van der Waals surface area contributed by atoms with Crippen LogP contribution in [-0.2, 0) is 52.1 Å². The molecular formula is C63H60Cl3NO19. The third-order valence-electron chi connectivity index (χ3n) is 13.3. The molecular weight excluding hydrogens is 1180 g/mol. The number of aliphatic hydroxyl groups excluding tert-OH is 1. The van der Waals surface area contributed by atoms with Gasteiger partial charge in [-0.2, -0.15) is 0 Å². The van der Waals surface area contributed by atoms with Crippen LogP contribution in [0.4, 0.5) is 4.79 Å². The van der Waals surface area contributed by atoms with Crippen LogP contribution in [0.1, 0.15) is 87.8 Å². The Labute approximate surface area is 509 Å². The van der Waals surface area contributed by atoms with Gasteiger partial charge in [-0.1, -0.05) is 157 Å². The van der Waals surface area contributed by atoms with Crippen molar-refractivity contribution >= 4 is 76.7 Å². The number of hydrogen-bond acceptors (Lipinski definition) is 19. The molecule has 0 aromatic heterocycles. The number of hydrogen-bond donors (Lipinski definition) is 2. The summed E-state index contributed by atoms with van der Waals surface area (Å²) < 4.78 is 66.2.